The molecule has 0 aromatic rings. The summed E-state index contributed by atoms with van der Waals surface area (Å²) in [6, 6.07) is 0.300. The highest BCUT2D eigenvalue weighted by Gasteiger charge is 2.45. The van der Waals surface area contributed by atoms with E-state index in [1.54, 1.807) is 0 Å². The van der Waals surface area contributed by atoms with Gasteiger partial charge < -0.3 is 5.73 Å². The minimum atomic E-state index is -1.16. The molecule has 78 valence electrons. The van der Waals surface area contributed by atoms with Crippen LogP contribution in [0.15, 0.2) is 0 Å². The molecule has 0 radical (unpaired) electrons. The van der Waals surface area contributed by atoms with Crippen LogP contribution < -0.4 is 5.73 Å². The van der Waals surface area contributed by atoms with Gasteiger partial charge in [-0.3, -0.25) is 4.90 Å². The van der Waals surface area contributed by atoms with Crippen molar-refractivity contribution in [3.8, 4) is 0 Å². The van der Waals surface area contributed by atoms with Gasteiger partial charge in [0.25, 0.3) is 0 Å². The zero-order chi connectivity index (χ0) is 10.3. The summed E-state index contributed by atoms with van der Waals surface area (Å²) in [6.07, 6.45) is 0.570. The first kappa shape index (κ1) is 10.9. The SMILES string of the molecule is C[C@@H]1CC(F)(CN)CN1C(C)(C)C. The van der Waals surface area contributed by atoms with Gasteiger partial charge in [-0.2, -0.15) is 0 Å². The molecule has 0 spiro atoms. The summed E-state index contributed by atoms with van der Waals surface area (Å²) in [6.45, 7) is 9.05. The van der Waals surface area contributed by atoms with E-state index in [1.807, 2.05) is 0 Å². The molecule has 0 saturated carbocycles. The summed E-state index contributed by atoms with van der Waals surface area (Å²) < 4.78 is 13.9. The van der Waals surface area contributed by atoms with Crippen LogP contribution in [0.3, 0.4) is 0 Å². The first-order chi connectivity index (χ1) is 5.78. The van der Waals surface area contributed by atoms with Crippen LogP contribution in [0.5, 0.6) is 0 Å². The molecule has 1 saturated heterocycles. The Balaban J connectivity index is 2.72. The zero-order valence-electron chi connectivity index (χ0n) is 9.10. The molecule has 0 aliphatic carbocycles. The first-order valence-electron chi connectivity index (χ1n) is 4.94. The lowest BCUT2D eigenvalue weighted by Crippen LogP contribution is -2.45. The molecular formula is C10H21FN2. The number of hydrogen-bond acceptors (Lipinski definition) is 2. The Morgan fingerprint density at radius 2 is 2.08 bits per heavy atom. The van der Waals surface area contributed by atoms with E-state index in [2.05, 4.69) is 32.6 Å². The van der Waals surface area contributed by atoms with E-state index in [-0.39, 0.29) is 12.1 Å². The topological polar surface area (TPSA) is 29.3 Å². The molecule has 2 nitrogen and oxygen atoms in total. The maximum absolute atomic E-state index is 13.9. The van der Waals surface area contributed by atoms with Crippen LogP contribution in [0.1, 0.15) is 34.1 Å². The maximum atomic E-state index is 13.9. The average molecular weight is 188 g/mol. The van der Waals surface area contributed by atoms with Crippen molar-refractivity contribution in [3.63, 3.8) is 0 Å². The maximum Gasteiger partial charge on any atom is 0.137 e. The van der Waals surface area contributed by atoms with Crippen molar-refractivity contribution in [2.45, 2.75) is 51.4 Å². The third-order valence-corrected chi connectivity index (χ3v) is 2.87. The molecule has 1 aliphatic heterocycles. The Bertz CT molecular complexity index is 188. The fourth-order valence-corrected chi connectivity index (χ4v) is 2.21. The normalized spacial score (nSPS) is 36.9. The summed E-state index contributed by atoms with van der Waals surface area (Å²) in [7, 11) is 0. The Morgan fingerprint density at radius 3 is 2.31 bits per heavy atom. The summed E-state index contributed by atoms with van der Waals surface area (Å²) in [5.74, 6) is 0. The lowest BCUT2D eigenvalue weighted by atomic mass is 10.0. The van der Waals surface area contributed by atoms with E-state index in [9.17, 15) is 4.39 Å². The molecule has 13 heavy (non-hydrogen) atoms. The van der Waals surface area contributed by atoms with Crippen molar-refractivity contribution in [2.75, 3.05) is 13.1 Å². The number of nitrogens with zero attached hydrogens (tertiary/aromatic N) is 1. The monoisotopic (exact) mass is 188 g/mol. The summed E-state index contributed by atoms with van der Waals surface area (Å²) >= 11 is 0. The van der Waals surface area contributed by atoms with Crippen LogP contribution in [-0.2, 0) is 0 Å². The van der Waals surface area contributed by atoms with Crippen LogP contribution in [0.4, 0.5) is 4.39 Å². The van der Waals surface area contributed by atoms with Crippen LogP contribution in [0.25, 0.3) is 0 Å². The highest BCUT2D eigenvalue weighted by molar-refractivity contribution is 4.99. The number of nitrogens with two attached hydrogens (primary N) is 1. The van der Waals surface area contributed by atoms with E-state index in [0.717, 1.165) is 0 Å². The van der Waals surface area contributed by atoms with Crippen molar-refractivity contribution in [2.24, 2.45) is 5.73 Å². The summed E-state index contributed by atoms with van der Waals surface area (Å²) in [5, 5.41) is 0. The summed E-state index contributed by atoms with van der Waals surface area (Å²) in [4.78, 5) is 2.19. The van der Waals surface area contributed by atoms with Gasteiger partial charge in [0.15, 0.2) is 0 Å². The Morgan fingerprint density at radius 1 is 1.54 bits per heavy atom. The lowest BCUT2D eigenvalue weighted by molar-refractivity contribution is 0.105. The molecule has 0 aromatic heterocycles. The molecule has 1 heterocycles. The number of alkyl halides is 1. The van der Waals surface area contributed by atoms with Gasteiger partial charge >= 0.3 is 0 Å². The Hall–Kier alpha value is -0.150. The zero-order valence-corrected chi connectivity index (χ0v) is 9.10. The van der Waals surface area contributed by atoms with Crippen LogP contribution >= 0.6 is 0 Å². The van der Waals surface area contributed by atoms with Crippen molar-refractivity contribution < 1.29 is 4.39 Å². The minimum Gasteiger partial charge on any atom is -0.327 e. The van der Waals surface area contributed by atoms with Gasteiger partial charge in [-0.15, -0.1) is 0 Å². The second-order valence-electron chi connectivity index (χ2n) is 5.21. The van der Waals surface area contributed by atoms with Gasteiger partial charge in [0, 0.05) is 24.7 Å². The highest BCUT2D eigenvalue weighted by atomic mass is 19.1. The molecule has 0 bridgehead atoms. The third-order valence-electron chi connectivity index (χ3n) is 2.87. The van der Waals surface area contributed by atoms with Crippen molar-refractivity contribution in [1.29, 1.82) is 0 Å². The lowest BCUT2D eigenvalue weighted by Gasteiger charge is -2.35. The van der Waals surface area contributed by atoms with E-state index < -0.39 is 5.67 Å². The molecule has 0 aromatic carbocycles. The van der Waals surface area contributed by atoms with Crippen molar-refractivity contribution in [3.05, 3.63) is 0 Å². The second-order valence-corrected chi connectivity index (χ2v) is 5.21. The van der Waals surface area contributed by atoms with Crippen LogP contribution in [0.2, 0.25) is 0 Å². The summed E-state index contributed by atoms with van der Waals surface area (Å²) in [5.41, 5.74) is 4.32. The van der Waals surface area contributed by atoms with Gasteiger partial charge in [0.05, 0.1) is 0 Å². The number of halogens is 1. The Labute approximate surface area is 80.3 Å². The van der Waals surface area contributed by atoms with E-state index in [1.165, 1.54) is 0 Å². The van der Waals surface area contributed by atoms with Crippen molar-refractivity contribution >= 4 is 0 Å². The largest absolute Gasteiger partial charge is 0.327 e. The van der Waals surface area contributed by atoms with E-state index >= 15 is 0 Å². The average Bonchev–Trinajstić information content (AvgIpc) is 2.27. The second kappa shape index (κ2) is 3.21. The van der Waals surface area contributed by atoms with Gasteiger partial charge in [-0.05, 0) is 34.1 Å². The quantitative estimate of drug-likeness (QED) is 0.676. The molecule has 1 unspecified atom stereocenters. The molecule has 3 heteroatoms. The number of likely N-dealkylation sites (tertiary alicyclic amines) is 1. The minimum absolute atomic E-state index is 0.0441. The van der Waals surface area contributed by atoms with Gasteiger partial charge in [-0.25, -0.2) is 4.39 Å². The fraction of sp³-hybridized carbons (Fsp3) is 1.00. The molecule has 2 atom stereocenters. The number of rotatable bonds is 1. The van der Waals surface area contributed by atoms with Crippen molar-refractivity contribution in [1.82, 2.24) is 4.90 Å². The molecule has 1 rings (SSSR count). The number of hydrogen-bond donors (Lipinski definition) is 1. The van der Waals surface area contributed by atoms with E-state index in [0.29, 0.717) is 19.0 Å². The Kier molecular flexibility index (Phi) is 2.70. The molecule has 1 fully saturated rings. The third kappa shape index (κ3) is 2.20. The smallest absolute Gasteiger partial charge is 0.137 e. The molecule has 0 amide bonds. The van der Waals surface area contributed by atoms with Gasteiger partial charge in [0.2, 0.25) is 0 Å². The fourth-order valence-electron chi connectivity index (χ4n) is 2.21. The van der Waals surface area contributed by atoms with Gasteiger partial charge in [0.1, 0.15) is 5.67 Å². The predicted molar refractivity (Wildman–Crippen MR) is 53.4 cm³/mol. The highest BCUT2D eigenvalue weighted by Crippen LogP contribution is 2.34. The van der Waals surface area contributed by atoms with Crippen LogP contribution in [-0.4, -0.2) is 35.2 Å². The van der Waals surface area contributed by atoms with Gasteiger partial charge in [-0.1, -0.05) is 0 Å². The standard InChI is InChI=1S/C10H21FN2/c1-8-5-10(11,6-12)7-13(8)9(2,3)4/h8H,5-7,12H2,1-4H3/t8-,10?/m1/s1. The first-order valence-corrected chi connectivity index (χ1v) is 4.94. The molecule has 2 N–H and O–H groups in total. The molecule has 1 aliphatic rings. The van der Waals surface area contributed by atoms with Crippen LogP contribution in [0, 0.1) is 0 Å². The van der Waals surface area contributed by atoms with E-state index in [4.69, 9.17) is 5.73 Å². The molecular weight excluding hydrogens is 167 g/mol. The predicted octanol–water partition coefficient (Wildman–Crippen LogP) is 1.55.